The molecule has 28 heavy (non-hydrogen) atoms. The highest BCUT2D eigenvalue weighted by Crippen LogP contribution is 2.28. The molecule has 0 saturated carbocycles. The molecule has 0 unspecified atom stereocenters. The SMILES string of the molecule is CCCCCCOC(=O)CNc1ccc(/C=C2\C(=O)ON=C2C(C)(C)C)cc1. The van der Waals surface area contributed by atoms with Crippen LogP contribution in [0.5, 0.6) is 0 Å². The molecule has 0 radical (unpaired) electrons. The average Bonchev–Trinajstić information content (AvgIpc) is 3.02. The quantitative estimate of drug-likeness (QED) is 0.291. The van der Waals surface area contributed by atoms with E-state index in [1.165, 1.54) is 6.42 Å². The number of oxime groups is 1. The van der Waals surface area contributed by atoms with Crippen molar-refractivity contribution in [3.63, 3.8) is 0 Å². The van der Waals surface area contributed by atoms with Crippen LogP contribution in [0.2, 0.25) is 0 Å². The van der Waals surface area contributed by atoms with E-state index in [4.69, 9.17) is 9.57 Å². The monoisotopic (exact) mass is 386 g/mol. The number of anilines is 1. The first-order valence-electron chi connectivity index (χ1n) is 9.82. The van der Waals surface area contributed by atoms with Crippen molar-refractivity contribution >= 4 is 29.4 Å². The predicted molar refractivity (Wildman–Crippen MR) is 111 cm³/mol. The fourth-order valence-electron chi connectivity index (χ4n) is 2.75. The minimum absolute atomic E-state index is 0.126. The van der Waals surface area contributed by atoms with Crippen molar-refractivity contribution in [2.75, 3.05) is 18.5 Å². The minimum atomic E-state index is -0.436. The maximum Gasteiger partial charge on any atom is 0.367 e. The van der Waals surface area contributed by atoms with Gasteiger partial charge in [-0.15, -0.1) is 0 Å². The second-order valence-corrected chi connectivity index (χ2v) is 7.88. The van der Waals surface area contributed by atoms with Gasteiger partial charge in [-0.1, -0.05) is 64.2 Å². The van der Waals surface area contributed by atoms with Gasteiger partial charge in [0.15, 0.2) is 0 Å². The van der Waals surface area contributed by atoms with E-state index >= 15 is 0 Å². The third kappa shape index (κ3) is 6.51. The summed E-state index contributed by atoms with van der Waals surface area (Å²) < 4.78 is 5.20. The Hall–Kier alpha value is -2.63. The molecule has 0 fully saturated rings. The van der Waals surface area contributed by atoms with Crippen LogP contribution < -0.4 is 5.32 Å². The van der Waals surface area contributed by atoms with E-state index in [1.807, 2.05) is 45.0 Å². The Bertz CT molecular complexity index is 743. The first-order chi connectivity index (χ1) is 13.3. The Labute approximate surface area is 167 Å². The lowest BCUT2D eigenvalue weighted by Crippen LogP contribution is -2.21. The van der Waals surface area contributed by atoms with Crippen molar-refractivity contribution in [3.05, 3.63) is 35.4 Å². The molecule has 152 valence electrons. The molecule has 6 heteroatoms. The molecule has 1 aliphatic rings. The second-order valence-electron chi connectivity index (χ2n) is 7.88. The molecule has 1 aromatic carbocycles. The average molecular weight is 386 g/mol. The fourth-order valence-corrected chi connectivity index (χ4v) is 2.75. The van der Waals surface area contributed by atoms with Crippen LogP contribution in [0.3, 0.4) is 0 Å². The van der Waals surface area contributed by atoms with Crippen molar-refractivity contribution < 1.29 is 19.2 Å². The zero-order chi connectivity index (χ0) is 20.6. The Morgan fingerprint density at radius 2 is 1.89 bits per heavy atom. The summed E-state index contributed by atoms with van der Waals surface area (Å²) in [4.78, 5) is 28.5. The molecule has 0 atom stereocenters. The zero-order valence-corrected chi connectivity index (χ0v) is 17.2. The predicted octanol–water partition coefficient (Wildman–Crippen LogP) is 4.56. The molecule has 0 saturated heterocycles. The Morgan fingerprint density at radius 3 is 2.54 bits per heavy atom. The van der Waals surface area contributed by atoms with Gasteiger partial charge in [0.05, 0.1) is 12.2 Å². The number of carbonyl (C=O) groups is 2. The van der Waals surface area contributed by atoms with Crippen LogP contribution in [0.4, 0.5) is 5.69 Å². The number of nitrogens with one attached hydrogen (secondary N) is 1. The molecule has 1 aromatic rings. The van der Waals surface area contributed by atoms with Crippen LogP contribution in [-0.4, -0.2) is 30.8 Å². The number of nitrogens with zero attached hydrogens (tertiary/aromatic N) is 1. The Kier molecular flexibility index (Phi) is 7.79. The van der Waals surface area contributed by atoms with Gasteiger partial charge in [-0.05, 0) is 30.2 Å². The van der Waals surface area contributed by atoms with Gasteiger partial charge in [0.1, 0.15) is 12.3 Å². The van der Waals surface area contributed by atoms with Gasteiger partial charge in [0, 0.05) is 11.1 Å². The third-order valence-electron chi connectivity index (χ3n) is 4.32. The summed E-state index contributed by atoms with van der Waals surface area (Å²) >= 11 is 0. The molecule has 1 aliphatic heterocycles. The van der Waals surface area contributed by atoms with E-state index in [1.54, 1.807) is 6.08 Å². The maximum atomic E-state index is 12.0. The van der Waals surface area contributed by atoms with Crippen LogP contribution in [0.15, 0.2) is 35.0 Å². The number of ether oxygens (including phenoxy) is 1. The van der Waals surface area contributed by atoms with Crippen LogP contribution >= 0.6 is 0 Å². The first-order valence-corrected chi connectivity index (χ1v) is 9.82. The van der Waals surface area contributed by atoms with Gasteiger partial charge in [-0.25, -0.2) is 4.79 Å². The van der Waals surface area contributed by atoms with Gasteiger partial charge in [-0.2, -0.15) is 0 Å². The lowest BCUT2D eigenvalue weighted by Gasteiger charge is -2.16. The lowest BCUT2D eigenvalue weighted by atomic mass is 9.85. The molecule has 0 amide bonds. The Morgan fingerprint density at radius 1 is 1.18 bits per heavy atom. The molecular formula is C22H30N2O4. The zero-order valence-electron chi connectivity index (χ0n) is 17.2. The van der Waals surface area contributed by atoms with Crippen molar-refractivity contribution in [1.82, 2.24) is 0 Å². The highest BCUT2D eigenvalue weighted by atomic mass is 16.7. The first kappa shape index (κ1) is 21.7. The van der Waals surface area contributed by atoms with E-state index in [9.17, 15) is 9.59 Å². The van der Waals surface area contributed by atoms with Gasteiger partial charge >= 0.3 is 11.9 Å². The highest BCUT2D eigenvalue weighted by Gasteiger charge is 2.33. The van der Waals surface area contributed by atoms with E-state index < -0.39 is 5.97 Å². The van der Waals surface area contributed by atoms with E-state index in [2.05, 4.69) is 17.4 Å². The van der Waals surface area contributed by atoms with Crippen LogP contribution in [0.25, 0.3) is 6.08 Å². The highest BCUT2D eigenvalue weighted by molar-refractivity contribution is 6.26. The Balaban J connectivity index is 1.87. The standard InChI is InChI=1S/C22H30N2O4/c1-5-6-7-8-13-27-19(25)15-23-17-11-9-16(10-12-17)14-18-20(22(2,3)4)24-28-21(18)26/h9-12,14,23H,5-8,13,15H2,1-4H3/b18-14-. The molecule has 0 aromatic heterocycles. The number of rotatable bonds is 9. The number of esters is 1. The van der Waals surface area contributed by atoms with Gasteiger partial charge < -0.3 is 14.9 Å². The molecule has 2 rings (SSSR count). The molecule has 0 spiro atoms. The number of benzene rings is 1. The minimum Gasteiger partial charge on any atom is -0.464 e. The van der Waals surface area contributed by atoms with E-state index in [0.29, 0.717) is 17.9 Å². The summed E-state index contributed by atoms with van der Waals surface area (Å²) in [5.41, 5.74) is 2.50. The van der Waals surface area contributed by atoms with Gasteiger partial charge in [-0.3, -0.25) is 4.79 Å². The topological polar surface area (TPSA) is 77.0 Å². The van der Waals surface area contributed by atoms with Gasteiger partial charge in [0.2, 0.25) is 0 Å². The summed E-state index contributed by atoms with van der Waals surface area (Å²) in [7, 11) is 0. The summed E-state index contributed by atoms with van der Waals surface area (Å²) in [6.45, 7) is 8.70. The van der Waals surface area contributed by atoms with E-state index in [0.717, 1.165) is 30.5 Å². The van der Waals surface area contributed by atoms with Crippen molar-refractivity contribution in [2.45, 2.75) is 53.4 Å². The maximum absolute atomic E-state index is 12.0. The molecule has 1 heterocycles. The van der Waals surface area contributed by atoms with Crippen molar-refractivity contribution in [2.24, 2.45) is 10.6 Å². The van der Waals surface area contributed by atoms with E-state index in [-0.39, 0.29) is 17.9 Å². The molecule has 0 aliphatic carbocycles. The second kappa shape index (κ2) is 10.1. The van der Waals surface area contributed by atoms with Crippen molar-refractivity contribution in [1.29, 1.82) is 0 Å². The largest absolute Gasteiger partial charge is 0.464 e. The van der Waals surface area contributed by atoms with Crippen LogP contribution in [0, 0.1) is 5.41 Å². The van der Waals surface area contributed by atoms with Crippen LogP contribution in [-0.2, 0) is 19.2 Å². The summed E-state index contributed by atoms with van der Waals surface area (Å²) in [5, 5.41) is 6.96. The van der Waals surface area contributed by atoms with Crippen LogP contribution in [0.1, 0.15) is 58.9 Å². The number of hydrogen-bond donors (Lipinski definition) is 1. The summed E-state index contributed by atoms with van der Waals surface area (Å²) in [6, 6.07) is 7.46. The fraction of sp³-hybridized carbons (Fsp3) is 0.500. The van der Waals surface area contributed by atoms with Gasteiger partial charge in [0.25, 0.3) is 0 Å². The lowest BCUT2D eigenvalue weighted by molar-refractivity contribution is -0.141. The number of unbranched alkanes of at least 4 members (excludes halogenated alkanes) is 3. The number of carbonyl (C=O) groups excluding carboxylic acids is 2. The third-order valence-corrected chi connectivity index (χ3v) is 4.32. The normalized spacial score (nSPS) is 15.4. The molecule has 0 bridgehead atoms. The van der Waals surface area contributed by atoms with Crippen molar-refractivity contribution in [3.8, 4) is 0 Å². The summed E-state index contributed by atoms with van der Waals surface area (Å²) in [5.74, 6) is -0.698. The molecule has 6 nitrogen and oxygen atoms in total. The molecular weight excluding hydrogens is 356 g/mol. The summed E-state index contributed by atoms with van der Waals surface area (Å²) in [6.07, 6.45) is 6.09. The smallest absolute Gasteiger partial charge is 0.367 e. The number of hydrogen-bond acceptors (Lipinski definition) is 6. The molecule has 1 N–H and O–H groups in total.